The summed E-state index contributed by atoms with van der Waals surface area (Å²) in [6.45, 7) is 10.4. The molecule has 7 nitrogen and oxygen atoms in total. The number of carbonyl (C=O) groups is 2. The van der Waals surface area contributed by atoms with E-state index in [0.717, 1.165) is 51.0 Å². The van der Waals surface area contributed by atoms with E-state index in [1.807, 2.05) is 51.1 Å². The smallest absolute Gasteiger partial charge is 0.416 e. The minimum absolute atomic E-state index is 0.0518. The van der Waals surface area contributed by atoms with Crippen LogP contribution in [0.15, 0.2) is 48.5 Å². The maximum absolute atomic E-state index is 13.8. The van der Waals surface area contributed by atoms with Crippen LogP contribution >= 0.6 is 0 Å². The molecule has 3 aliphatic heterocycles. The molecule has 2 aromatic carbocycles. The second-order valence-corrected chi connectivity index (χ2v) is 14.4. The van der Waals surface area contributed by atoms with Crippen molar-refractivity contribution in [2.24, 2.45) is 0 Å². The number of piperazine rings is 1. The molecule has 0 saturated carbocycles. The van der Waals surface area contributed by atoms with Gasteiger partial charge in [-0.3, -0.25) is 14.6 Å². The molecule has 0 aromatic heterocycles. The fourth-order valence-corrected chi connectivity index (χ4v) is 7.37. The number of piperidine rings is 1. The first-order valence-electron chi connectivity index (χ1n) is 17.1. The number of ether oxygens (including phenoxy) is 1. The van der Waals surface area contributed by atoms with Gasteiger partial charge in [0, 0.05) is 69.5 Å². The van der Waals surface area contributed by atoms with Crippen molar-refractivity contribution in [3.63, 3.8) is 0 Å². The molecule has 0 bridgehead atoms. The van der Waals surface area contributed by atoms with Gasteiger partial charge in [0.2, 0.25) is 0 Å². The molecule has 3 fully saturated rings. The zero-order chi connectivity index (χ0) is 35.6. The standard InChI is InChI=1S/C36H46F6N4O3/c1-34(2,3)49-33(48)45-13-7-10-29(11-14-45)43-16-18-44(19-17-43)30-12-15-46(31(24-30)20-25-8-5-4-6-9-25)32(47)26-21-27(35(37,38)39)23-28(22-26)36(40,41)42/h4-6,8-9,21-23,29-31H,7,10-20,24H2,1-3H3. The Labute approximate surface area is 284 Å². The van der Waals surface area contributed by atoms with Crippen molar-refractivity contribution in [3.8, 4) is 0 Å². The number of amides is 2. The highest BCUT2D eigenvalue weighted by Crippen LogP contribution is 2.37. The van der Waals surface area contributed by atoms with Gasteiger partial charge in [-0.05, 0) is 83.1 Å². The van der Waals surface area contributed by atoms with E-state index in [0.29, 0.717) is 50.5 Å². The molecule has 0 N–H and O–H groups in total. The lowest BCUT2D eigenvalue weighted by Gasteiger charge is -2.47. The zero-order valence-corrected chi connectivity index (χ0v) is 28.3. The van der Waals surface area contributed by atoms with Crippen LogP contribution < -0.4 is 0 Å². The number of hydrogen-bond donors (Lipinski definition) is 0. The molecule has 3 unspecified atom stereocenters. The molecule has 49 heavy (non-hydrogen) atoms. The summed E-state index contributed by atoms with van der Waals surface area (Å²) in [6, 6.07) is 10.6. The van der Waals surface area contributed by atoms with Gasteiger partial charge in [0.1, 0.15) is 5.60 Å². The van der Waals surface area contributed by atoms with Gasteiger partial charge in [-0.2, -0.15) is 26.3 Å². The number of rotatable bonds is 5. The number of nitrogens with zero attached hydrogens (tertiary/aromatic N) is 4. The van der Waals surface area contributed by atoms with Crippen LogP contribution in [0.2, 0.25) is 0 Å². The third-order valence-corrected chi connectivity index (χ3v) is 9.83. The quantitative estimate of drug-likeness (QED) is 0.306. The molecule has 3 atom stereocenters. The topological polar surface area (TPSA) is 56.3 Å². The number of hydrogen-bond acceptors (Lipinski definition) is 5. The molecule has 2 amide bonds. The molecule has 270 valence electrons. The van der Waals surface area contributed by atoms with E-state index in [1.54, 1.807) is 4.90 Å². The van der Waals surface area contributed by atoms with Crippen molar-refractivity contribution < 1.29 is 40.7 Å². The van der Waals surface area contributed by atoms with Crippen molar-refractivity contribution in [2.45, 2.75) is 95.4 Å². The van der Waals surface area contributed by atoms with Gasteiger partial charge >= 0.3 is 18.4 Å². The van der Waals surface area contributed by atoms with Gasteiger partial charge in [-0.1, -0.05) is 30.3 Å². The van der Waals surface area contributed by atoms with Crippen LogP contribution in [0, 0.1) is 0 Å². The average molecular weight is 697 g/mol. The monoisotopic (exact) mass is 696 g/mol. The maximum Gasteiger partial charge on any atom is 0.416 e. The first-order chi connectivity index (χ1) is 23.0. The molecule has 0 radical (unpaired) electrons. The summed E-state index contributed by atoms with van der Waals surface area (Å²) in [4.78, 5) is 34.6. The Morgan fingerprint density at radius 3 is 1.88 bits per heavy atom. The predicted molar refractivity (Wildman–Crippen MR) is 173 cm³/mol. The highest BCUT2D eigenvalue weighted by atomic mass is 19.4. The van der Waals surface area contributed by atoms with Crippen LogP contribution in [0.1, 0.15) is 79.9 Å². The second-order valence-electron chi connectivity index (χ2n) is 14.4. The molecular formula is C36H46F6N4O3. The van der Waals surface area contributed by atoms with Crippen LogP contribution in [-0.2, 0) is 23.5 Å². The van der Waals surface area contributed by atoms with E-state index < -0.39 is 46.6 Å². The van der Waals surface area contributed by atoms with E-state index >= 15 is 0 Å². The van der Waals surface area contributed by atoms with E-state index in [1.165, 1.54) is 4.90 Å². The van der Waals surface area contributed by atoms with Crippen molar-refractivity contribution in [3.05, 3.63) is 70.8 Å². The minimum Gasteiger partial charge on any atom is -0.444 e. The van der Waals surface area contributed by atoms with Crippen LogP contribution in [0.5, 0.6) is 0 Å². The van der Waals surface area contributed by atoms with Gasteiger partial charge < -0.3 is 14.5 Å². The highest BCUT2D eigenvalue weighted by molar-refractivity contribution is 5.95. The second kappa shape index (κ2) is 14.9. The maximum atomic E-state index is 13.8. The predicted octanol–water partition coefficient (Wildman–Crippen LogP) is 7.35. The van der Waals surface area contributed by atoms with E-state index in [-0.39, 0.29) is 24.7 Å². The first-order valence-corrected chi connectivity index (χ1v) is 17.1. The van der Waals surface area contributed by atoms with E-state index in [9.17, 15) is 35.9 Å². The van der Waals surface area contributed by atoms with Crippen molar-refractivity contribution >= 4 is 12.0 Å². The first kappa shape index (κ1) is 36.9. The third-order valence-electron chi connectivity index (χ3n) is 9.83. The van der Waals surface area contributed by atoms with Crippen molar-refractivity contribution in [2.75, 3.05) is 45.8 Å². The van der Waals surface area contributed by atoms with Gasteiger partial charge in [-0.15, -0.1) is 0 Å². The van der Waals surface area contributed by atoms with Crippen molar-refractivity contribution in [1.82, 2.24) is 19.6 Å². The minimum atomic E-state index is -5.04. The normalized spacial score (nSPS) is 23.7. The lowest BCUT2D eigenvalue weighted by atomic mass is 9.90. The fraction of sp³-hybridized carbons (Fsp3) is 0.611. The summed E-state index contributed by atoms with van der Waals surface area (Å²) in [5.41, 5.74) is -3.21. The summed E-state index contributed by atoms with van der Waals surface area (Å²) in [5, 5.41) is 0. The highest BCUT2D eigenvalue weighted by Gasteiger charge is 2.40. The van der Waals surface area contributed by atoms with Crippen LogP contribution in [0.3, 0.4) is 0 Å². The van der Waals surface area contributed by atoms with Crippen LogP contribution in [0.25, 0.3) is 0 Å². The third kappa shape index (κ3) is 9.68. The number of carbonyl (C=O) groups excluding carboxylic acids is 2. The Balaban J connectivity index is 1.25. The Morgan fingerprint density at radius 2 is 1.31 bits per heavy atom. The Morgan fingerprint density at radius 1 is 0.735 bits per heavy atom. The fourth-order valence-electron chi connectivity index (χ4n) is 7.37. The molecular weight excluding hydrogens is 650 g/mol. The molecule has 3 aliphatic rings. The number of alkyl halides is 6. The number of likely N-dealkylation sites (tertiary alicyclic amines) is 2. The summed E-state index contributed by atoms with van der Waals surface area (Å²) in [7, 11) is 0. The van der Waals surface area contributed by atoms with E-state index in [2.05, 4.69) is 9.80 Å². The number of benzene rings is 2. The Kier molecular flexibility index (Phi) is 11.2. The van der Waals surface area contributed by atoms with Gasteiger partial charge in [0.05, 0.1) is 11.1 Å². The molecule has 3 saturated heterocycles. The lowest BCUT2D eigenvalue weighted by Crippen LogP contribution is -2.58. The molecule has 5 rings (SSSR count). The Bertz CT molecular complexity index is 1400. The SMILES string of the molecule is CC(C)(C)OC(=O)N1CCCC(N2CCN(C3CCN(C(=O)c4cc(C(F)(F)F)cc(C(F)(F)F)c4)C(Cc4ccccc4)C3)CC2)CC1. The van der Waals surface area contributed by atoms with Gasteiger partial charge in [-0.25, -0.2) is 4.79 Å². The summed E-state index contributed by atoms with van der Waals surface area (Å²) < 4.78 is 87.2. The molecule has 2 aromatic rings. The average Bonchev–Trinajstić information content (AvgIpc) is 3.30. The van der Waals surface area contributed by atoms with Gasteiger partial charge in [0.25, 0.3) is 5.91 Å². The molecule has 0 aliphatic carbocycles. The summed E-state index contributed by atoms with van der Waals surface area (Å²) in [6.07, 6.45) is -6.04. The summed E-state index contributed by atoms with van der Waals surface area (Å²) in [5.74, 6) is -0.824. The van der Waals surface area contributed by atoms with E-state index in [4.69, 9.17) is 4.74 Å². The largest absolute Gasteiger partial charge is 0.444 e. The van der Waals surface area contributed by atoms with Crippen molar-refractivity contribution in [1.29, 1.82) is 0 Å². The Hall–Kier alpha value is -3.32. The molecule has 13 heteroatoms. The lowest BCUT2D eigenvalue weighted by molar-refractivity contribution is -0.143. The van der Waals surface area contributed by atoms with Crippen LogP contribution in [-0.4, -0.2) is 101 Å². The summed E-state index contributed by atoms with van der Waals surface area (Å²) >= 11 is 0. The molecule has 3 heterocycles. The zero-order valence-electron chi connectivity index (χ0n) is 28.3. The van der Waals surface area contributed by atoms with Crippen LogP contribution in [0.4, 0.5) is 31.1 Å². The van der Waals surface area contributed by atoms with Gasteiger partial charge in [0.15, 0.2) is 0 Å². The number of halogens is 6. The molecule has 0 spiro atoms.